The van der Waals surface area contributed by atoms with E-state index < -0.39 is 0 Å². The Hall–Kier alpha value is -0.780. The first-order valence-electron chi connectivity index (χ1n) is 7.91. The van der Waals surface area contributed by atoms with E-state index in [0.717, 1.165) is 46.3 Å². The van der Waals surface area contributed by atoms with Crippen LogP contribution in [0.1, 0.15) is 25.7 Å². The molecule has 0 aromatic rings. The topological polar surface area (TPSA) is 0 Å². The maximum atomic E-state index is 2.61. The average molecular weight is 236 g/mol. The Balaban J connectivity index is 1.61. The van der Waals surface area contributed by atoms with Gasteiger partial charge in [0.05, 0.1) is 0 Å². The summed E-state index contributed by atoms with van der Waals surface area (Å²) in [6.07, 6.45) is 21.2. The summed E-state index contributed by atoms with van der Waals surface area (Å²) >= 11 is 0. The van der Waals surface area contributed by atoms with Crippen molar-refractivity contribution in [3.05, 3.63) is 36.5 Å². The number of allylic oxidation sites excluding steroid dienone is 6. The van der Waals surface area contributed by atoms with Gasteiger partial charge in [-0.15, -0.1) is 0 Å². The van der Waals surface area contributed by atoms with Crippen molar-refractivity contribution in [2.75, 3.05) is 0 Å². The van der Waals surface area contributed by atoms with Crippen molar-refractivity contribution in [2.24, 2.45) is 46.3 Å². The third kappa shape index (κ3) is 0.607. The predicted molar refractivity (Wildman–Crippen MR) is 71.7 cm³/mol. The molecule has 4 saturated carbocycles. The summed E-state index contributed by atoms with van der Waals surface area (Å²) in [5.74, 6) is 5.80. The summed E-state index contributed by atoms with van der Waals surface area (Å²) in [4.78, 5) is 0. The van der Waals surface area contributed by atoms with Crippen LogP contribution in [-0.2, 0) is 0 Å². The lowest BCUT2D eigenvalue weighted by Crippen LogP contribution is -2.60. The van der Waals surface area contributed by atoms with E-state index in [0.29, 0.717) is 0 Å². The van der Waals surface area contributed by atoms with Gasteiger partial charge in [0.25, 0.3) is 0 Å². The van der Waals surface area contributed by atoms with Crippen LogP contribution in [0.4, 0.5) is 0 Å². The van der Waals surface area contributed by atoms with Crippen LogP contribution in [-0.4, -0.2) is 0 Å². The summed E-state index contributed by atoms with van der Waals surface area (Å²) in [5.41, 5.74) is 1.54. The fraction of sp³-hybridized carbons (Fsp3) is 0.667. The van der Waals surface area contributed by atoms with Gasteiger partial charge in [0.15, 0.2) is 0 Å². The summed E-state index contributed by atoms with van der Waals surface area (Å²) in [6.45, 7) is 0. The van der Waals surface area contributed by atoms with Crippen LogP contribution in [0.25, 0.3) is 0 Å². The summed E-state index contributed by atoms with van der Waals surface area (Å²) in [5, 5.41) is 0. The van der Waals surface area contributed by atoms with E-state index in [1.165, 1.54) is 6.42 Å². The van der Waals surface area contributed by atoms with Gasteiger partial charge in [-0.05, 0) is 72.0 Å². The maximum absolute atomic E-state index is 2.61. The molecule has 0 unspecified atom stereocenters. The number of hydrogen-bond donors (Lipinski definition) is 0. The molecule has 6 aliphatic rings. The van der Waals surface area contributed by atoms with Crippen molar-refractivity contribution in [2.45, 2.75) is 25.7 Å². The van der Waals surface area contributed by atoms with Crippen molar-refractivity contribution in [1.82, 2.24) is 0 Å². The number of hydrogen-bond acceptors (Lipinski definition) is 0. The number of rotatable bonds is 0. The standard InChI is InChI=1S/C18H20/c1-2-4-14-13(3-1)15-10-16(14)18-8-7-17(15,18)11-5-6-12(18)9-11/h1-6,11-16H,7-10H2/t11-,12+,13-,14+,15-,16+,17+,18-. The smallest absolute Gasteiger partial charge is 0.0130 e. The molecule has 6 rings (SSSR count). The summed E-state index contributed by atoms with van der Waals surface area (Å²) in [7, 11) is 0. The van der Waals surface area contributed by atoms with Gasteiger partial charge in [-0.3, -0.25) is 0 Å². The zero-order chi connectivity index (χ0) is 11.5. The molecule has 4 bridgehead atoms. The molecular weight excluding hydrogens is 216 g/mol. The minimum atomic E-state index is 0.772. The Bertz CT molecular complexity index is 492. The Morgan fingerprint density at radius 2 is 1.22 bits per heavy atom. The molecule has 0 heterocycles. The molecule has 0 amide bonds. The van der Waals surface area contributed by atoms with E-state index in [2.05, 4.69) is 36.5 Å². The number of fused-ring (bicyclic) bond motifs is 7. The molecule has 0 aromatic heterocycles. The fourth-order valence-electron chi connectivity index (χ4n) is 7.98. The second-order valence-corrected chi connectivity index (χ2v) is 7.79. The van der Waals surface area contributed by atoms with Crippen LogP contribution in [0.2, 0.25) is 0 Å². The third-order valence-electron chi connectivity index (χ3n) is 8.21. The molecule has 4 fully saturated rings. The van der Waals surface area contributed by atoms with Crippen LogP contribution >= 0.6 is 0 Å². The second-order valence-electron chi connectivity index (χ2n) is 7.79. The lowest BCUT2D eigenvalue weighted by atomic mass is 9.38. The highest BCUT2D eigenvalue weighted by molar-refractivity contribution is 5.40. The largest absolute Gasteiger partial charge is 0.0845 e. The molecule has 0 aromatic carbocycles. The van der Waals surface area contributed by atoms with Gasteiger partial charge in [-0.25, -0.2) is 0 Å². The van der Waals surface area contributed by atoms with Gasteiger partial charge in [0, 0.05) is 0 Å². The quantitative estimate of drug-likeness (QED) is 0.558. The van der Waals surface area contributed by atoms with Crippen LogP contribution in [0.3, 0.4) is 0 Å². The van der Waals surface area contributed by atoms with E-state index in [4.69, 9.17) is 0 Å². The average Bonchev–Trinajstić information content (AvgIpc) is 3.03. The zero-order valence-electron chi connectivity index (χ0n) is 10.8. The first kappa shape index (κ1) is 9.18. The van der Waals surface area contributed by atoms with Crippen molar-refractivity contribution in [1.29, 1.82) is 0 Å². The Morgan fingerprint density at radius 1 is 0.667 bits per heavy atom. The molecule has 6 aliphatic carbocycles. The van der Waals surface area contributed by atoms with Gasteiger partial charge in [0.1, 0.15) is 0 Å². The van der Waals surface area contributed by atoms with E-state index in [1.807, 2.05) is 0 Å². The van der Waals surface area contributed by atoms with Gasteiger partial charge < -0.3 is 0 Å². The SMILES string of the molecule is C1=C[C@@H]2[C@H](C=C1)[C@@H]1C[C@H]2[C@@]23CC[C@@]12[C@H]1C=C[C@@H]3C1. The lowest BCUT2D eigenvalue weighted by molar-refractivity contribution is -0.158. The van der Waals surface area contributed by atoms with Gasteiger partial charge >= 0.3 is 0 Å². The van der Waals surface area contributed by atoms with Crippen LogP contribution in [0, 0.1) is 46.3 Å². The van der Waals surface area contributed by atoms with Crippen molar-refractivity contribution < 1.29 is 0 Å². The van der Waals surface area contributed by atoms with Crippen LogP contribution < -0.4 is 0 Å². The fourth-order valence-corrected chi connectivity index (χ4v) is 7.98. The zero-order valence-corrected chi connectivity index (χ0v) is 10.8. The van der Waals surface area contributed by atoms with E-state index in [1.54, 1.807) is 19.3 Å². The molecule has 0 saturated heterocycles. The van der Waals surface area contributed by atoms with E-state index in [-0.39, 0.29) is 0 Å². The van der Waals surface area contributed by atoms with E-state index in [9.17, 15) is 0 Å². The molecule has 0 radical (unpaired) electrons. The Morgan fingerprint density at radius 3 is 1.72 bits per heavy atom. The maximum Gasteiger partial charge on any atom is -0.0130 e. The minimum Gasteiger partial charge on any atom is -0.0845 e. The third-order valence-corrected chi connectivity index (χ3v) is 8.21. The highest BCUT2D eigenvalue weighted by atomic mass is 14.9. The Labute approximate surface area is 109 Å². The van der Waals surface area contributed by atoms with Crippen LogP contribution in [0.5, 0.6) is 0 Å². The predicted octanol–water partition coefficient (Wildman–Crippen LogP) is 3.97. The highest BCUT2D eigenvalue weighted by Crippen LogP contribution is 2.88. The first-order valence-corrected chi connectivity index (χ1v) is 7.91. The highest BCUT2D eigenvalue weighted by Gasteiger charge is 2.82. The van der Waals surface area contributed by atoms with Crippen molar-refractivity contribution in [3.8, 4) is 0 Å². The van der Waals surface area contributed by atoms with Gasteiger partial charge in [-0.1, -0.05) is 36.5 Å². The first-order chi connectivity index (χ1) is 8.88. The van der Waals surface area contributed by atoms with Gasteiger partial charge in [0.2, 0.25) is 0 Å². The molecule has 92 valence electrons. The Kier molecular flexibility index (Phi) is 1.25. The minimum absolute atomic E-state index is 0.772. The molecule has 0 nitrogen and oxygen atoms in total. The molecule has 18 heavy (non-hydrogen) atoms. The van der Waals surface area contributed by atoms with Crippen molar-refractivity contribution >= 4 is 0 Å². The molecule has 0 aliphatic heterocycles. The van der Waals surface area contributed by atoms with Gasteiger partial charge in [-0.2, -0.15) is 0 Å². The summed E-state index contributed by atoms with van der Waals surface area (Å²) < 4.78 is 0. The van der Waals surface area contributed by atoms with Crippen LogP contribution in [0.15, 0.2) is 36.5 Å². The molecule has 0 heteroatoms. The normalized spacial score (nSPS) is 68.0. The van der Waals surface area contributed by atoms with Crippen molar-refractivity contribution in [3.63, 3.8) is 0 Å². The molecule has 8 atom stereocenters. The lowest BCUT2D eigenvalue weighted by Gasteiger charge is -2.66. The molecule has 0 spiro atoms. The summed E-state index contributed by atoms with van der Waals surface area (Å²) in [6, 6.07) is 0. The second kappa shape index (κ2) is 2.44. The van der Waals surface area contributed by atoms with E-state index >= 15 is 0 Å². The molecular formula is C18H20. The molecule has 0 N–H and O–H groups in total. The monoisotopic (exact) mass is 236 g/mol.